The van der Waals surface area contributed by atoms with Crippen molar-refractivity contribution < 1.29 is 27.9 Å². The highest BCUT2D eigenvalue weighted by atomic mass is 19.4. The third kappa shape index (κ3) is 6.38. The molecular weight excluding hydrogens is 569 g/mol. The third-order valence-corrected chi connectivity index (χ3v) is 10.0. The van der Waals surface area contributed by atoms with Gasteiger partial charge in [-0.25, -0.2) is 4.79 Å². The van der Waals surface area contributed by atoms with Gasteiger partial charge < -0.3 is 19.8 Å². The Labute approximate surface area is 256 Å². The van der Waals surface area contributed by atoms with Gasteiger partial charge in [0.1, 0.15) is 5.60 Å². The predicted molar refractivity (Wildman–Crippen MR) is 160 cm³/mol. The average Bonchev–Trinajstić information content (AvgIpc) is 3.68. The standard InChI is InChI=1S/C34H41F3N4O3/c35-34(36,37)28-13-11-25(12-14-28)21-39-17-6-18-41(32(39)43)30-15-19-38(20-16-30)22-29-23-40(31(42)26-7-4-5-8-26)24-33(29,44)27-9-2-1-3-10-27/h1-3,6,9-14,17,26,29-30,44H,4-5,7-8,15-16,18-24H2. The number of carbonyl (C=O) groups is 2. The number of rotatable bonds is 7. The molecule has 3 heterocycles. The number of β-amino-alcohol motifs (C(OH)–C–C–N with tert-alkyl or cyclic N) is 1. The maximum absolute atomic E-state index is 13.4. The Morgan fingerprint density at radius 1 is 0.955 bits per heavy atom. The van der Waals surface area contributed by atoms with Gasteiger partial charge in [0.25, 0.3) is 0 Å². The smallest absolute Gasteiger partial charge is 0.383 e. The zero-order valence-corrected chi connectivity index (χ0v) is 25.0. The third-order valence-electron chi connectivity index (χ3n) is 10.0. The lowest BCUT2D eigenvalue weighted by Gasteiger charge is -2.42. The summed E-state index contributed by atoms with van der Waals surface area (Å²) in [5.74, 6) is 0.126. The molecular formula is C34H41F3N4O3. The summed E-state index contributed by atoms with van der Waals surface area (Å²) in [6, 6.07) is 14.6. The van der Waals surface area contributed by atoms with Crippen molar-refractivity contribution in [3.8, 4) is 0 Å². The molecule has 44 heavy (non-hydrogen) atoms. The van der Waals surface area contributed by atoms with E-state index in [4.69, 9.17) is 0 Å². The molecule has 0 bridgehead atoms. The van der Waals surface area contributed by atoms with Crippen molar-refractivity contribution in [1.82, 2.24) is 19.6 Å². The lowest BCUT2D eigenvalue weighted by atomic mass is 9.83. The topological polar surface area (TPSA) is 67.3 Å². The minimum Gasteiger partial charge on any atom is -0.383 e. The molecule has 236 valence electrons. The highest BCUT2D eigenvalue weighted by Crippen LogP contribution is 2.40. The van der Waals surface area contributed by atoms with E-state index >= 15 is 0 Å². The van der Waals surface area contributed by atoms with Gasteiger partial charge in [0.2, 0.25) is 5.91 Å². The number of aliphatic hydroxyl groups is 1. The zero-order valence-electron chi connectivity index (χ0n) is 25.0. The summed E-state index contributed by atoms with van der Waals surface area (Å²) in [6.45, 7) is 3.77. The lowest BCUT2D eigenvalue weighted by Crippen LogP contribution is -2.53. The number of nitrogens with zero attached hydrogens (tertiary/aromatic N) is 4. The number of alkyl halides is 3. The number of piperidine rings is 1. The second kappa shape index (κ2) is 12.6. The number of amides is 3. The first-order valence-corrected chi connectivity index (χ1v) is 15.8. The Morgan fingerprint density at radius 3 is 2.30 bits per heavy atom. The Bertz CT molecular complexity index is 1340. The Morgan fingerprint density at radius 2 is 1.64 bits per heavy atom. The van der Waals surface area contributed by atoms with Crippen LogP contribution in [0.15, 0.2) is 66.9 Å². The summed E-state index contributed by atoms with van der Waals surface area (Å²) in [7, 11) is 0. The maximum atomic E-state index is 13.4. The number of urea groups is 1. The maximum Gasteiger partial charge on any atom is 0.416 e. The number of carbonyl (C=O) groups excluding carboxylic acids is 2. The van der Waals surface area contributed by atoms with Crippen molar-refractivity contribution in [1.29, 1.82) is 0 Å². The Hall–Kier alpha value is -3.37. The number of hydrogen-bond acceptors (Lipinski definition) is 4. The van der Waals surface area contributed by atoms with E-state index in [1.54, 1.807) is 11.1 Å². The molecule has 1 N–H and O–H groups in total. The average molecular weight is 611 g/mol. The van der Waals surface area contributed by atoms with E-state index in [1.807, 2.05) is 46.2 Å². The molecule has 2 aromatic rings. The van der Waals surface area contributed by atoms with Crippen molar-refractivity contribution in [3.63, 3.8) is 0 Å². The quantitative estimate of drug-likeness (QED) is 0.453. The van der Waals surface area contributed by atoms with Gasteiger partial charge in [0.05, 0.1) is 18.7 Å². The van der Waals surface area contributed by atoms with E-state index in [0.29, 0.717) is 31.7 Å². The molecule has 3 aliphatic heterocycles. The van der Waals surface area contributed by atoms with Crippen LogP contribution in [0, 0.1) is 11.8 Å². The molecule has 10 heteroatoms. The number of halogens is 3. The van der Waals surface area contributed by atoms with Crippen molar-refractivity contribution in [2.75, 3.05) is 39.3 Å². The molecule has 4 aliphatic rings. The van der Waals surface area contributed by atoms with E-state index in [-0.39, 0.29) is 36.4 Å². The lowest BCUT2D eigenvalue weighted by molar-refractivity contribution is -0.137. The molecule has 2 unspecified atom stereocenters. The van der Waals surface area contributed by atoms with Crippen LogP contribution < -0.4 is 0 Å². The highest BCUT2D eigenvalue weighted by Gasteiger charge is 2.49. The SMILES string of the molecule is O=C(C1CCCC1)N1CC(CN2CCC(N3CC=CN(Cc4ccc(C(F)(F)F)cc4)C3=O)CC2)C(O)(c2ccccc2)C1. The molecule has 7 nitrogen and oxygen atoms in total. The number of likely N-dealkylation sites (tertiary alicyclic amines) is 2. The van der Waals surface area contributed by atoms with Crippen molar-refractivity contribution in [2.45, 2.75) is 62.9 Å². The van der Waals surface area contributed by atoms with E-state index in [0.717, 1.165) is 69.3 Å². The molecule has 3 fully saturated rings. The second-order valence-electron chi connectivity index (χ2n) is 12.9. The fourth-order valence-electron chi connectivity index (χ4n) is 7.50. The first-order valence-electron chi connectivity index (χ1n) is 15.8. The summed E-state index contributed by atoms with van der Waals surface area (Å²) in [4.78, 5) is 34.4. The van der Waals surface area contributed by atoms with Crippen LogP contribution in [0.2, 0.25) is 0 Å². The summed E-state index contributed by atoms with van der Waals surface area (Å²) in [6.07, 6.45) is 4.87. The van der Waals surface area contributed by atoms with E-state index in [2.05, 4.69) is 4.90 Å². The minimum atomic E-state index is -4.39. The molecule has 3 amide bonds. The van der Waals surface area contributed by atoms with Crippen molar-refractivity contribution in [3.05, 3.63) is 83.6 Å². The van der Waals surface area contributed by atoms with Gasteiger partial charge in [-0.05, 0) is 55.0 Å². The monoisotopic (exact) mass is 610 g/mol. The van der Waals surface area contributed by atoms with Gasteiger partial charge in [-0.2, -0.15) is 13.2 Å². The van der Waals surface area contributed by atoms with Gasteiger partial charge in [0, 0.05) is 56.8 Å². The molecule has 2 aromatic carbocycles. The summed E-state index contributed by atoms with van der Waals surface area (Å²) < 4.78 is 38.8. The zero-order chi connectivity index (χ0) is 30.9. The molecule has 1 saturated carbocycles. The van der Waals surface area contributed by atoms with Crippen LogP contribution in [0.1, 0.15) is 55.2 Å². The van der Waals surface area contributed by atoms with Crippen LogP contribution in [-0.4, -0.2) is 82.0 Å². The number of benzene rings is 2. The molecule has 2 atom stereocenters. The molecule has 2 saturated heterocycles. The summed E-state index contributed by atoms with van der Waals surface area (Å²) in [5.41, 5.74) is -0.335. The predicted octanol–water partition coefficient (Wildman–Crippen LogP) is 5.46. The minimum absolute atomic E-state index is 0.0517. The second-order valence-corrected chi connectivity index (χ2v) is 12.9. The molecule has 0 aromatic heterocycles. The highest BCUT2D eigenvalue weighted by molar-refractivity contribution is 5.79. The van der Waals surface area contributed by atoms with Crippen LogP contribution in [-0.2, 0) is 23.1 Å². The van der Waals surface area contributed by atoms with Crippen LogP contribution in [0.25, 0.3) is 0 Å². The Balaban J connectivity index is 1.07. The van der Waals surface area contributed by atoms with Gasteiger partial charge >= 0.3 is 12.2 Å². The van der Waals surface area contributed by atoms with Gasteiger partial charge in [-0.15, -0.1) is 0 Å². The molecule has 0 radical (unpaired) electrons. The largest absolute Gasteiger partial charge is 0.416 e. The van der Waals surface area contributed by atoms with Gasteiger partial charge in [-0.1, -0.05) is 55.3 Å². The van der Waals surface area contributed by atoms with E-state index in [1.165, 1.54) is 12.1 Å². The fraction of sp³-hybridized carbons (Fsp3) is 0.529. The summed E-state index contributed by atoms with van der Waals surface area (Å²) in [5, 5.41) is 12.1. The van der Waals surface area contributed by atoms with Crippen LogP contribution >= 0.6 is 0 Å². The first-order chi connectivity index (χ1) is 21.1. The Kier molecular flexibility index (Phi) is 8.75. The van der Waals surface area contributed by atoms with Gasteiger partial charge in [0.15, 0.2) is 0 Å². The van der Waals surface area contributed by atoms with Crippen molar-refractivity contribution in [2.24, 2.45) is 11.8 Å². The molecule has 0 spiro atoms. The molecule has 6 rings (SSSR count). The fourth-order valence-corrected chi connectivity index (χ4v) is 7.50. The van der Waals surface area contributed by atoms with Gasteiger partial charge in [-0.3, -0.25) is 9.69 Å². The van der Waals surface area contributed by atoms with E-state index in [9.17, 15) is 27.9 Å². The number of hydrogen-bond donors (Lipinski definition) is 1. The van der Waals surface area contributed by atoms with Crippen molar-refractivity contribution >= 4 is 11.9 Å². The van der Waals surface area contributed by atoms with Crippen LogP contribution in [0.3, 0.4) is 0 Å². The molecule has 1 aliphatic carbocycles. The van der Waals surface area contributed by atoms with Crippen LogP contribution in [0.5, 0.6) is 0 Å². The van der Waals surface area contributed by atoms with E-state index < -0.39 is 17.3 Å². The first kappa shape index (κ1) is 30.6. The normalized spacial score (nSPS) is 25.8. The van der Waals surface area contributed by atoms with Crippen LogP contribution in [0.4, 0.5) is 18.0 Å². The summed E-state index contributed by atoms with van der Waals surface area (Å²) >= 11 is 0.